The first-order valence-corrected chi connectivity index (χ1v) is 6.07. The highest BCUT2D eigenvalue weighted by Gasteiger charge is 2.13. The Labute approximate surface area is 111 Å². The highest BCUT2D eigenvalue weighted by atomic mass is 16.1. The van der Waals surface area contributed by atoms with Crippen molar-refractivity contribution in [2.75, 3.05) is 0 Å². The van der Waals surface area contributed by atoms with Gasteiger partial charge in [-0.2, -0.15) is 0 Å². The van der Waals surface area contributed by atoms with Crippen molar-refractivity contribution < 1.29 is 4.79 Å². The fraction of sp³-hybridized carbons (Fsp3) is 0.0625. The van der Waals surface area contributed by atoms with Crippen LogP contribution < -0.4 is 0 Å². The average molecular weight is 248 g/mol. The first-order valence-electron chi connectivity index (χ1n) is 6.07. The molecule has 0 saturated carbocycles. The van der Waals surface area contributed by atoms with Crippen molar-refractivity contribution in [2.24, 2.45) is 0 Å². The molecule has 3 aromatic rings. The Bertz CT molecular complexity index is 751. The quantitative estimate of drug-likeness (QED) is 0.654. The molecule has 1 aromatic carbocycles. The molecule has 0 aliphatic rings. The number of rotatable bonds is 2. The zero-order valence-corrected chi connectivity index (χ0v) is 10.5. The lowest BCUT2D eigenvalue weighted by molar-refractivity contribution is 0.104. The topological polar surface area (TPSA) is 42.9 Å². The number of ketones is 1. The number of hydrogen-bond donors (Lipinski definition) is 0. The van der Waals surface area contributed by atoms with E-state index in [1.54, 1.807) is 24.5 Å². The first-order chi connectivity index (χ1) is 9.25. The second kappa shape index (κ2) is 4.61. The van der Waals surface area contributed by atoms with Gasteiger partial charge in [0.15, 0.2) is 5.78 Å². The minimum absolute atomic E-state index is 0.0187. The van der Waals surface area contributed by atoms with E-state index in [1.807, 2.05) is 37.3 Å². The zero-order chi connectivity index (χ0) is 13.2. The Morgan fingerprint density at radius 3 is 2.74 bits per heavy atom. The molecule has 0 atom stereocenters. The van der Waals surface area contributed by atoms with Crippen LogP contribution in [0.15, 0.2) is 54.9 Å². The molecule has 0 aliphatic carbocycles. The van der Waals surface area contributed by atoms with E-state index in [4.69, 9.17) is 0 Å². The van der Waals surface area contributed by atoms with Gasteiger partial charge in [-0.05, 0) is 31.2 Å². The third kappa shape index (κ3) is 2.10. The van der Waals surface area contributed by atoms with Crippen LogP contribution in [0.5, 0.6) is 0 Å². The summed E-state index contributed by atoms with van der Waals surface area (Å²) in [5, 5.41) is 0.877. The second-order valence-electron chi connectivity index (χ2n) is 4.40. The maximum absolute atomic E-state index is 12.5. The van der Waals surface area contributed by atoms with Gasteiger partial charge in [-0.25, -0.2) is 0 Å². The number of para-hydroxylation sites is 1. The van der Waals surface area contributed by atoms with E-state index in [-0.39, 0.29) is 5.78 Å². The van der Waals surface area contributed by atoms with Crippen LogP contribution in [0.1, 0.15) is 21.6 Å². The molecule has 0 unspecified atom stereocenters. The van der Waals surface area contributed by atoms with E-state index >= 15 is 0 Å². The molecule has 0 amide bonds. The number of benzene rings is 1. The van der Waals surface area contributed by atoms with Gasteiger partial charge >= 0.3 is 0 Å². The van der Waals surface area contributed by atoms with Crippen molar-refractivity contribution in [3.63, 3.8) is 0 Å². The number of aromatic nitrogens is 2. The molecule has 2 heterocycles. The lowest BCUT2D eigenvalue weighted by Gasteiger charge is -2.06. The largest absolute Gasteiger partial charge is 0.289 e. The highest BCUT2D eigenvalue weighted by Crippen LogP contribution is 2.20. The average Bonchev–Trinajstić information content (AvgIpc) is 2.46. The van der Waals surface area contributed by atoms with Crippen molar-refractivity contribution in [1.82, 2.24) is 9.97 Å². The Morgan fingerprint density at radius 1 is 1.11 bits per heavy atom. The molecule has 0 aliphatic heterocycles. The molecule has 0 bridgehead atoms. The molecule has 0 radical (unpaired) electrons. The zero-order valence-electron chi connectivity index (χ0n) is 10.5. The number of aryl methyl sites for hydroxylation is 1. The smallest absolute Gasteiger partial charge is 0.195 e. The molecular weight excluding hydrogens is 236 g/mol. The monoisotopic (exact) mass is 248 g/mol. The molecule has 0 spiro atoms. The summed E-state index contributed by atoms with van der Waals surface area (Å²) < 4.78 is 0. The minimum atomic E-state index is -0.0187. The standard InChI is InChI=1S/C16H12N2O/c1-11-9-14(13-6-2-3-7-15(13)18-11)16(19)12-5-4-8-17-10-12/h2-10H,1H3. The Kier molecular flexibility index (Phi) is 2.80. The molecular formula is C16H12N2O. The molecule has 0 saturated heterocycles. The van der Waals surface area contributed by atoms with Crippen LogP contribution in [0, 0.1) is 6.92 Å². The summed E-state index contributed by atoms with van der Waals surface area (Å²) in [6, 6.07) is 13.1. The van der Waals surface area contributed by atoms with Gasteiger partial charge in [0.25, 0.3) is 0 Å². The Hall–Kier alpha value is -2.55. The minimum Gasteiger partial charge on any atom is -0.289 e. The number of carbonyl (C=O) groups is 1. The fourth-order valence-electron chi connectivity index (χ4n) is 2.15. The molecule has 3 heteroatoms. The molecule has 3 rings (SSSR count). The number of pyridine rings is 2. The summed E-state index contributed by atoms with van der Waals surface area (Å²) in [6.45, 7) is 1.90. The van der Waals surface area contributed by atoms with E-state index in [0.717, 1.165) is 16.6 Å². The number of fused-ring (bicyclic) bond motifs is 1. The van der Waals surface area contributed by atoms with Gasteiger partial charge in [0.05, 0.1) is 5.52 Å². The third-order valence-electron chi connectivity index (χ3n) is 3.01. The first kappa shape index (κ1) is 11.5. The van der Waals surface area contributed by atoms with Crippen molar-refractivity contribution in [2.45, 2.75) is 6.92 Å². The molecule has 0 fully saturated rings. The fourth-order valence-corrected chi connectivity index (χ4v) is 2.15. The van der Waals surface area contributed by atoms with Crippen LogP contribution in [-0.2, 0) is 0 Å². The summed E-state index contributed by atoms with van der Waals surface area (Å²) in [4.78, 5) is 21.0. The van der Waals surface area contributed by atoms with E-state index in [1.165, 1.54) is 0 Å². The van der Waals surface area contributed by atoms with Crippen molar-refractivity contribution >= 4 is 16.7 Å². The van der Waals surface area contributed by atoms with Crippen molar-refractivity contribution in [3.05, 3.63) is 71.7 Å². The van der Waals surface area contributed by atoms with Crippen LogP contribution >= 0.6 is 0 Å². The molecule has 19 heavy (non-hydrogen) atoms. The van der Waals surface area contributed by atoms with Gasteiger partial charge in [-0.3, -0.25) is 14.8 Å². The SMILES string of the molecule is Cc1cc(C(=O)c2cccnc2)c2ccccc2n1. The van der Waals surface area contributed by atoms with Gasteiger partial charge in [-0.15, -0.1) is 0 Å². The van der Waals surface area contributed by atoms with E-state index < -0.39 is 0 Å². The van der Waals surface area contributed by atoms with Gasteiger partial charge < -0.3 is 0 Å². The number of carbonyl (C=O) groups excluding carboxylic acids is 1. The lowest BCUT2D eigenvalue weighted by Crippen LogP contribution is -2.04. The van der Waals surface area contributed by atoms with Crippen LogP contribution in [0.25, 0.3) is 10.9 Å². The molecule has 3 nitrogen and oxygen atoms in total. The number of hydrogen-bond acceptors (Lipinski definition) is 3. The third-order valence-corrected chi connectivity index (χ3v) is 3.01. The lowest BCUT2D eigenvalue weighted by atomic mass is 10.00. The maximum Gasteiger partial charge on any atom is 0.195 e. The summed E-state index contributed by atoms with van der Waals surface area (Å²) in [7, 11) is 0. The van der Waals surface area contributed by atoms with Gasteiger partial charge in [-0.1, -0.05) is 18.2 Å². The Balaban J connectivity index is 2.23. The molecule has 92 valence electrons. The highest BCUT2D eigenvalue weighted by molar-refractivity contribution is 6.15. The normalized spacial score (nSPS) is 10.6. The predicted molar refractivity (Wildman–Crippen MR) is 74.1 cm³/mol. The number of nitrogens with zero attached hydrogens (tertiary/aromatic N) is 2. The second-order valence-corrected chi connectivity index (χ2v) is 4.40. The van der Waals surface area contributed by atoms with E-state index in [0.29, 0.717) is 11.1 Å². The summed E-state index contributed by atoms with van der Waals surface area (Å²) in [5.41, 5.74) is 2.95. The van der Waals surface area contributed by atoms with Crippen LogP contribution in [0.4, 0.5) is 0 Å². The molecule has 2 aromatic heterocycles. The van der Waals surface area contributed by atoms with Gasteiger partial charge in [0.2, 0.25) is 0 Å². The molecule has 0 N–H and O–H groups in total. The van der Waals surface area contributed by atoms with Crippen LogP contribution in [0.3, 0.4) is 0 Å². The summed E-state index contributed by atoms with van der Waals surface area (Å²) in [5.74, 6) is -0.0187. The summed E-state index contributed by atoms with van der Waals surface area (Å²) in [6.07, 6.45) is 3.25. The van der Waals surface area contributed by atoms with Crippen LogP contribution in [0.2, 0.25) is 0 Å². The Morgan fingerprint density at radius 2 is 1.95 bits per heavy atom. The summed E-state index contributed by atoms with van der Waals surface area (Å²) >= 11 is 0. The van der Waals surface area contributed by atoms with Gasteiger partial charge in [0.1, 0.15) is 0 Å². The predicted octanol–water partition coefficient (Wildman–Crippen LogP) is 3.17. The maximum atomic E-state index is 12.5. The van der Waals surface area contributed by atoms with E-state index in [2.05, 4.69) is 9.97 Å². The van der Waals surface area contributed by atoms with Crippen molar-refractivity contribution in [1.29, 1.82) is 0 Å². The van der Waals surface area contributed by atoms with Crippen molar-refractivity contribution in [3.8, 4) is 0 Å². The van der Waals surface area contributed by atoms with Gasteiger partial charge in [0, 0.05) is 34.6 Å². The van der Waals surface area contributed by atoms with Crippen LogP contribution in [-0.4, -0.2) is 15.8 Å². The van der Waals surface area contributed by atoms with E-state index in [9.17, 15) is 4.79 Å².